The predicted molar refractivity (Wildman–Crippen MR) is 146 cm³/mol. The van der Waals surface area contributed by atoms with Crippen LogP contribution in [0.5, 0.6) is 11.5 Å². The van der Waals surface area contributed by atoms with Crippen molar-refractivity contribution in [2.45, 2.75) is 25.1 Å². The van der Waals surface area contributed by atoms with Crippen LogP contribution in [0.1, 0.15) is 28.9 Å². The molecule has 6 rings (SSSR count). The lowest BCUT2D eigenvalue weighted by Gasteiger charge is -2.43. The Hall–Kier alpha value is -4.29. The summed E-state index contributed by atoms with van der Waals surface area (Å²) in [6.07, 6.45) is -0.849. The number of methoxy groups -OCH3 is 2. The van der Waals surface area contributed by atoms with E-state index in [1.54, 1.807) is 37.3 Å². The number of fused-ring (bicyclic) bond motifs is 4. The van der Waals surface area contributed by atoms with Crippen molar-refractivity contribution in [2.24, 2.45) is 0 Å². The maximum atomic E-state index is 13.9. The highest BCUT2D eigenvalue weighted by atomic mass is 16.5. The van der Waals surface area contributed by atoms with Gasteiger partial charge in [0.1, 0.15) is 0 Å². The summed E-state index contributed by atoms with van der Waals surface area (Å²) < 4.78 is 13.0. The molecule has 1 aromatic heterocycles. The van der Waals surface area contributed by atoms with E-state index in [9.17, 15) is 9.90 Å². The van der Waals surface area contributed by atoms with Crippen LogP contribution in [0, 0.1) is 0 Å². The average molecular weight is 493 g/mol. The van der Waals surface area contributed by atoms with E-state index in [1.807, 2.05) is 55.5 Å². The van der Waals surface area contributed by atoms with Gasteiger partial charge in [-0.15, -0.1) is 0 Å². The summed E-state index contributed by atoms with van der Waals surface area (Å²) >= 11 is 0. The van der Waals surface area contributed by atoms with Crippen molar-refractivity contribution in [1.29, 1.82) is 0 Å². The summed E-state index contributed by atoms with van der Waals surface area (Å²) in [5.74, 6) is 0.827. The molecule has 3 atom stereocenters. The van der Waals surface area contributed by atoms with E-state index >= 15 is 0 Å². The minimum absolute atomic E-state index is 0.208. The number of aromatic nitrogens is 1. The molecule has 6 nitrogen and oxygen atoms in total. The van der Waals surface area contributed by atoms with Gasteiger partial charge in [-0.2, -0.15) is 0 Å². The van der Waals surface area contributed by atoms with Crippen molar-refractivity contribution < 1.29 is 19.4 Å². The van der Waals surface area contributed by atoms with E-state index in [-0.39, 0.29) is 11.9 Å². The van der Waals surface area contributed by atoms with E-state index in [0.29, 0.717) is 17.1 Å². The number of para-hydroxylation sites is 3. The van der Waals surface area contributed by atoms with Crippen molar-refractivity contribution in [2.75, 3.05) is 19.1 Å². The number of carbonyl (C=O) groups is 1. The van der Waals surface area contributed by atoms with Crippen molar-refractivity contribution in [1.82, 2.24) is 4.57 Å². The molecule has 0 radical (unpaired) electrons. The maximum absolute atomic E-state index is 13.9. The topological polar surface area (TPSA) is 63.9 Å². The molecule has 1 amide bonds. The molecule has 1 N–H and O–H groups in total. The monoisotopic (exact) mass is 492 g/mol. The van der Waals surface area contributed by atoms with Gasteiger partial charge in [0.15, 0.2) is 11.5 Å². The molecule has 37 heavy (non-hydrogen) atoms. The van der Waals surface area contributed by atoms with Crippen LogP contribution in [0.25, 0.3) is 21.8 Å². The van der Waals surface area contributed by atoms with Crippen LogP contribution in [-0.4, -0.2) is 41.9 Å². The van der Waals surface area contributed by atoms with Crippen LogP contribution in [0.2, 0.25) is 0 Å². The highest BCUT2D eigenvalue weighted by molar-refractivity contribution is 6.09. The Labute approximate surface area is 215 Å². The van der Waals surface area contributed by atoms with Crippen LogP contribution in [0.4, 0.5) is 5.69 Å². The van der Waals surface area contributed by atoms with Crippen LogP contribution >= 0.6 is 0 Å². The number of benzene rings is 4. The SMILES string of the molecule is COc1ccc(C(=O)N2c3ccccc3C(n3c4ccccc4c4ccccc43)C(O)C2C)cc1OC. The lowest BCUT2D eigenvalue weighted by atomic mass is 9.88. The van der Waals surface area contributed by atoms with Crippen molar-refractivity contribution in [3.63, 3.8) is 0 Å². The summed E-state index contributed by atoms with van der Waals surface area (Å²) in [5.41, 5.74) is 4.24. The molecule has 0 saturated heterocycles. The smallest absolute Gasteiger partial charge is 0.258 e. The van der Waals surface area contributed by atoms with Crippen molar-refractivity contribution in [3.05, 3.63) is 102 Å². The number of nitrogens with zero attached hydrogens (tertiary/aromatic N) is 2. The third-order valence-corrected chi connectivity index (χ3v) is 7.48. The Bertz CT molecular complexity index is 1590. The van der Waals surface area contributed by atoms with E-state index in [2.05, 4.69) is 28.8 Å². The molecule has 0 saturated carbocycles. The molecule has 0 bridgehead atoms. The summed E-state index contributed by atoms with van der Waals surface area (Å²) in [5, 5.41) is 14.1. The van der Waals surface area contributed by atoms with E-state index in [1.165, 1.54) is 0 Å². The summed E-state index contributed by atoms with van der Waals surface area (Å²) in [6, 6.07) is 28.7. The molecule has 0 fully saturated rings. The van der Waals surface area contributed by atoms with Gasteiger partial charge in [0.25, 0.3) is 5.91 Å². The molecule has 1 aliphatic heterocycles. The molecule has 3 unspecified atom stereocenters. The van der Waals surface area contributed by atoms with Crippen molar-refractivity contribution in [3.8, 4) is 11.5 Å². The zero-order valence-corrected chi connectivity index (χ0v) is 21.0. The quantitative estimate of drug-likeness (QED) is 0.344. The van der Waals surface area contributed by atoms with Gasteiger partial charge in [0.05, 0.1) is 32.4 Å². The first-order chi connectivity index (χ1) is 18.0. The second kappa shape index (κ2) is 8.98. The Kier molecular flexibility index (Phi) is 5.61. The third-order valence-electron chi connectivity index (χ3n) is 7.48. The minimum atomic E-state index is -0.849. The standard InChI is InChI=1S/C31H28N2O4/c1-19-30(34)29(33-24-13-7-4-10-21(24)22-11-5-8-14-25(22)33)23-12-6-9-15-26(23)32(19)31(35)20-16-17-27(36-2)28(18-20)37-3/h4-19,29-30,34H,1-3H3. The lowest BCUT2D eigenvalue weighted by molar-refractivity contribution is 0.0815. The molecular weight excluding hydrogens is 464 g/mol. The fourth-order valence-corrected chi connectivity index (χ4v) is 5.72. The molecule has 2 heterocycles. The van der Waals surface area contributed by atoms with E-state index < -0.39 is 12.1 Å². The number of aliphatic hydroxyl groups excluding tert-OH is 1. The number of amides is 1. The minimum Gasteiger partial charge on any atom is -0.493 e. The van der Waals surface area contributed by atoms with Crippen LogP contribution in [-0.2, 0) is 0 Å². The molecule has 0 spiro atoms. The van der Waals surface area contributed by atoms with E-state index in [0.717, 1.165) is 33.1 Å². The van der Waals surface area contributed by atoms with Crippen LogP contribution in [0.3, 0.4) is 0 Å². The Morgan fingerprint density at radius 2 is 1.38 bits per heavy atom. The maximum Gasteiger partial charge on any atom is 0.258 e. The van der Waals surface area contributed by atoms with Gasteiger partial charge in [-0.25, -0.2) is 0 Å². The first-order valence-electron chi connectivity index (χ1n) is 12.4. The second-order valence-corrected chi connectivity index (χ2v) is 9.38. The molecule has 1 aliphatic rings. The first kappa shape index (κ1) is 23.1. The average Bonchev–Trinajstić information content (AvgIpc) is 3.27. The number of hydrogen-bond acceptors (Lipinski definition) is 4. The van der Waals surface area contributed by atoms with Gasteiger partial charge in [-0.1, -0.05) is 54.6 Å². The van der Waals surface area contributed by atoms with Gasteiger partial charge >= 0.3 is 0 Å². The summed E-state index contributed by atoms with van der Waals surface area (Å²) in [6.45, 7) is 1.90. The molecule has 5 aromatic rings. The van der Waals surface area contributed by atoms with Gasteiger partial charge in [-0.3, -0.25) is 4.79 Å². The number of anilines is 1. The zero-order chi connectivity index (χ0) is 25.7. The van der Waals surface area contributed by atoms with E-state index in [4.69, 9.17) is 9.47 Å². The Morgan fingerprint density at radius 1 is 0.784 bits per heavy atom. The fourth-order valence-electron chi connectivity index (χ4n) is 5.72. The van der Waals surface area contributed by atoms with Gasteiger partial charge in [0.2, 0.25) is 0 Å². The zero-order valence-electron chi connectivity index (χ0n) is 21.0. The number of carbonyl (C=O) groups excluding carboxylic acids is 1. The largest absolute Gasteiger partial charge is 0.493 e. The normalized spacial score (nSPS) is 19.1. The van der Waals surface area contributed by atoms with Crippen LogP contribution < -0.4 is 14.4 Å². The number of rotatable bonds is 4. The molecule has 6 heteroatoms. The Balaban J connectivity index is 1.53. The number of aliphatic hydroxyl groups is 1. The highest BCUT2D eigenvalue weighted by Gasteiger charge is 2.42. The van der Waals surface area contributed by atoms with Gasteiger partial charge in [-0.05, 0) is 43.3 Å². The molecule has 0 aliphatic carbocycles. The molecule has 4 aromatic carbocycles. The molecular formula is C31H28N2O4. The number of ether oxygens (including phenoxy) is 2. The van der Waals surface area contributed by atoms with Crippen molar-refractivity contribution >= 4 is 33.4 Å². The van der Waals surface area contributed by atoms with Gasteiger partial charge < -0.3 is 24.0 Å². The summed E-state index contributed by atoms with van der Waals surface area (Å²) in [7, 11) is 3.11. The fraction of sp³-hybridized carbons (Fsp3) is 0.194. The Morgan fingerprint density at radius 3 is 2.03 bits per heavy atom. The third kappa shape index (κ3) is 3.48. The second-order valence-electron chi connectivity index (χ2n) is 9.38. The first-order valence-corrected chi connectivity index (χ1v) is 12.4. The van der Waals surface area contributed by atoms with Gasteiger partial charge in [0, 0.05) is 38.6 Å². The number of hydrogen-bond donors (Lipinski definition) is 1. The highest BCUT2D eigenvalue weighted by Crippen LogP contribution is 2.44. The lowest BCUT2D eigenvalue weighted by Crippen LogP contribution is -2.52. The molecule has 186 valence electrons. The predicted octanol–water partition coefficient (Wildman–Crippen LogP) is 5.81. The summed E-state index contributed by atoms with van der Waals surface area (Å²) in [4.78, 5) is 15.6. The van der Waals surface area contributed by atoms with Crippen LogP contribution in [0.15, 0.2) is 91.0 Å².